The number of unbranched alkanes of at least 4 members (excludes halogenated alkanes) is 1. The summed E-state index contributed by atoms with van der Waals surface area (Å²) >= 11 is 0. The van der Waals surface area contributed by atoms with Gasteiger partial charge in [0.05, 0.1) is 58.7 Å². The largest absolute Gasteiger partial charge is 0.480 e. The number of guanidine groups is 1. The number of Topliss-reactive ketones (excluding diaryl/α,β-unsaturated/α-hetero) is 1. The molecule has 2 fully saturated rings. The number of aliphatic hydroxyl groups excluding tert-OH is 5. The third kappa shape index (κ3) is 30.0. The van der Waals surface area contributed by atoms with Crippen molar-refractivity contribution in [2.24, 2.45) is 21.5 Å². The molecule has 3 aliphatic rings. The topological polar surface area (TPSA) is 658 Å². The maximum atomic E-state index is 15.2. The summed E-state index contributed by atoms with van der Waals surface area (Å²) in [6.07, 6.45) is 3.70. The molecule has 0 spiro atoms. The van der Waals surface area contributed by atoms with Crippen LogP contribution in [0.25, 0.3) is 10.9 Å². The smallest absolute Gasteiger partial charge is 0.317 e. The number of aromatic amines is 1. The fraction of sp³-hybridized carbons (Fsp3) is 0.594. The molecule has 0 saturated carbocycles. The van der Waals surface area contributed by atoms with Crippen LogP contribution >= 0.6 is 0 Å². The number of allylic oxidation sites excluding steroid dienone is 1. The number of nitrogens with one attached hydrogen (secondary N) is 13. The van der Waals surface area contributed by atoms with Gasteiger partial charge < -0.3 is 121 Å². The van der Waals surface area contributed by atoms with Gasteiger partial charge in [-0.05, 0) is 82.4 Å². The number of hydrogen-bond donors (Lipinski definition) is 22. The van der Waals surface area contributed by atoms with E-state index in [2.05, 4.69) is 78.8 Å². The van der Waals surface area contributed by atoms with Gasteiger partial charge >= 0.3 is 11.9 Å². The van der Waals surface area contributed by atoms with Gasteiger partial charge in [-0.3, -0.25) is 91.6 Å². The predicted molar refractivity (Wildman–Crippen MR) is 392 cm³/mol. The number of likely N-dealkylation sites (tertiary alicyclic amines) is 1. The molecule has 42 nitrogen and oxygen atoms in total. The van der Waals surface area contributed by atoms with Crippen molar-refractivity contribution in [3.63, 3.8) is 0 Å². The van der Waals surface area contributed by atoms with Crippen molar-refractivity contribution in [2.75, 3.05) is 72.3 Å². The number of carbonyl (C=O) groups is 16. The van der Waals surface area contributed by atoms with Gasteiger partial charge in [0, 0.05) is 81.1 Å². The van der Waals surface area contributed by atoms with Crippen LogP contribution in [-0.2, 0) is 83.1 Å². The summed E-state index contributed by atoms with van der Waals surface area (Å²) in [5, 5.41) is 99.2. The van der Waals surface area contributed by atoms with Crippen LogP contribution in [0.4, 0.5) is 0 Å². The number of aromatic nitrogens is 1. The zero-order chi connectivity index (χ0) is 81.9. The van der Waals surface area contributed by atoms with Crippen LogP contribution in [0.1, 0.15) is 116 Å². The van der Waals surface area contributed by atoms with E-state index in [1.54, 1.807) is 49.7 Å². The Hall–Kier alpha value is -11.1. The number of carbonyl (C=O) groups excluding carboxylic acids is 14. The summed E-state index contributed by atoms with van der Waals surface area (Å²) in [5.74, 6) is -16.9. The number of hydrogen-bond acceptors (Lipinski definition) is 24. The number of aliphatic hydroxyl groups is 5. The van der Waals surface area contributed by atoms with E-state index >= 15 is 9.59 Å². The van der Waals surface area contributed by atoms with E-state index in [0.29, 0.717) is 28.6 Å². The number of H-pyrrole nitrogens is 1. The van der Waals surface area contributed by atoms with Gasteiger partial charge in [0.2, 0.25) is 76.8 Å². The van der Waals surface area contributed by atoms with E-state index in [1.165, 1.54) is 0 Å². The lowest BCUT2D eigenvalue weighted by Gasteiger charge is -2.31. The number of para-hydroxylation sites is 1. The molecule has 2 aromatic rings. The molecule has 2 saturated heterocycles. The maximum absolute atomic E-state index is 15.2. The number of benzene rings is 1. The Morgan fingerprint density at radius 1 is 0.658 bits per heavy atom. The first kappa shape index (κ1) is 90.5. The number of carboxylic acid groups (broad SMARTS) is 2. The van der Waals surface area contributed by atoms with Crippen LogP contribution in [0.3, 0.4) is 0 Å². The highest BCUT2D eigenvalue weighted by Crippen LogP contribution is 2.23. The molecule has 3 aliphatic heterocycles. The Labute approximate surface area is 637 Å². The van der Waals surface area contributed by atoms with Gasteiger partial charge in [-0.2, -0.15) is 0 Å². The summed E-state index contributed by atoms with van der Waals surface area (Å²) in [6.45, 7) is -4.77. The van der Waals surface area contributed by atoms with Gasteiger partial charge in [0.1, 0.15) is 72.2 Å². The third-order valence-electron chi connectivity index (χ3n) is 18.2. The fourth-order valence-electron chi connectivity index (χ4n) is 12.3. The number of rotatable bonds is 37. The number of amides is 13. The second kappa shape index (κ2) is 46.4. The molecule has 0 bridgehead atoms. The molecule has 111 heavy (non-hydrogen) atoms. The zero-order valence-corrected chi connectivity index (χ0v) is 61.7. The molecule has 1 aromatic carbocycles. The lowest BCUT2D eigenvalue weighted by Crippen LogP contribution is -2.62. The highest BCUT2D eigenvalue weighted by molar-refractivity contribution is 6.01. The average molecular weight is 1570 g/mol. The lowest BCUT2D eigenvalue weighted by atomic mass is 9.99. The Balaban J connectivity index is 1.40. The van der Waals surface area contributed by atoms with Gasteiger partial charge in [0.15, 0.2) is 5.96 Å². The van der Waals surface area contributed by atoms with E-state index in [9.17, 15) is 103 Å². The predicted octanol–water partition coefficient (Wildman–Crippen LogP) is -8.48. The minimum absolute atomic E-state index is 0.0302. The molecule has 1 aromatic heterocycles. The Bertz CT molecular complexity index is 3700. The number of carboxylic acids is 2. The Kier molecular flexibility index (Phi) is 37.9. The van der Waals surface area contributed by atoms with Crippen LogP contribution in [0.5, 0.6) is 0 Å². The summed E-state index contributed by atoms with van der Waals surface area (Å²) < 4.78 is 0. The van der Waals surface area contributed by atoms with Crippen molar-refractivity contribution in [1.29, 1.82) is 0 Å². The number of fused-ring (bicyclic) bond motifs is 1. The van der Waals surface area contributed by atoms with E-state index in [0.717, 1.165) is 16.7 Å². The first-order chi connectivity index (χ1) is 52.9. The molecule has 0 aliphatic carbocycles. The molecular weight excluding hydrogens is 1460 g/mol. The van der Waals surface area contributed by atoms with Crippen LogP contribution in [0.2, 0.25) is 0 Å². The van der Waals surface area contributed by atoms with E-state index in [4.69, 9.17) is 11.5 Å². The van der Waals surface area contributed by atoms with Gasteiger partial charge in [-0.15, -0.1) is 0 Å². The standard InChI is InChI=1S/C69H103N19O23/c1-3-39(32-89)77-63(106)50(33-90)83-61(104)46(18-8-9-23-87(30-56(97)98)31-57(99)100)79-64(107)51(34-91)84-65(108)52(35-92)85-66(109)53(36-93)86-67(110)54-20-12-24-88(54)68(111)49-27-41(95)14-4-6-17-44(76-37(2)94)59(102)81-48(26-40-13-10-21-72-40)58(101)75-29-55(96)78-45(19-11-22-73-69(70)71)60(103)80-47(62(105)82-49)25-38-28-74-43-16-7-5-15-42(38)43/h5,7,13,15-16,21,28,39,44-54,74,89-93H,3-4,6,8-12,14,17-20,22-27,29-36H2,1-2H3,(H,75,101)(H,76,94)(H,77,106)(H,78,96)(H,79,107)(H,80,103)(H,81,102)(H,82,105)(H,83,104)(H,84,108)(H,85,109)(H,86,110)(H,97,98)(H,99,100)(H4,70,71,73)/t39-,44+,45+,46+,47+,48+,49+,50+,51+,52+,53+,54+/m1/s1. The van der Waals surface area contributed by atoms with Crippen LogP contribution in [0, 0.1) is 0 Å². The summed E-state index contributed by atoms with van der Waals surface area (Å²) in [6, 6.07) is -12.1. The van der Waals surface area contributed by atoms with Crippen molar-refractivity contribution in [3.8, 4) is 0 Å². The second-order valence-electron chi connectivity index (χ2n) is 26.7. The van der Waals surface area contributed by atoms with Crippen LogP contribution in [0.15, 0.2) is 52.2 Å². The highest BCUT2D eigenvalue weighted by atomic mass is 16.4. The quantitative estimate of drug-likeness (QED) is 0.0170. The maximum Gasteiger partial charge on any atom is 0.317 e. The minimum atomic E-state index is -2.02. The van der Waals surface area contributed by atoms with Crippen molar-refractivity contribution in [3.05, 3.63) is 47.8 Å². The molecular formula is C69H103N19O23. The van der Waals surface area contributed by atoms with Gasteiger partial charge in [-0.25, -0.2) is 0 Å². The number of nitrogens with two attached hydrogens (primary N) is 2. The molecule has 12 atom stereocenters. The van der Waals surface area contributed by atoms with Crippen LogP contribution < -0.4 is 75.3 Å². The number of aliphatic imine (C=N–C) groups is 2. The van der Waals surface area contributed by atoms with Gasteiger partial charge in [-0.1, -0.05) is 37.6 Å². The number of aliphatic carboxylic acids is 2. The normalized spacial score (nSPS) is 20.6. The summed E-state index contributed by atoms with van der Waals surface area (Å²) in [4.78, 5) is 232. The first-order valence-corrected chi connectivity index (χ1v) is 36.3. The average Bonchev–Trinajstić information content (AvgIpc) is 1.71. The Morgan fingerprint density at radius 3 is 1.83 bits per heavy atom. The molecule has 5 rings (SSSR count). The fourth-order valence-corrected chi connectivity index (χ4v) is 12.3. The first-order valence-electron chi connectivity index (χ1n) is 36.3. The van der Waals surface area contributed by atoms with Crippen molar-refractivity contribution >= 4 is 118 Å². The molecule has 0 radical (unpaired) electrons. The van der Waals surface area contributed by atoms with Crippen molar-refractivity contribution in [2.45, 2.75) is 189 Å². The Morgan fingerprint density at radius 2 is 1.24 bits per heavy atom. The van der Waals surface area contributed by atoms with E-state index < -0.39 is 226 Å². The SMILES string of the molecule is CC[C@H](CO)NC(=O)[C@H](CO)NC(=O)[C@H](CCCCN(CC(=O)O)CC(=O)O)NC(=O)[C@H](CO)NC(=O)[C@H](CO)NC(=O)[C@H](CO)NC(=O)[C@@H]1CCCN1C(=O)[C@@H]1CC(=O)CCCC[C@H](NC(C)=O)C(=O)N[C@@H](CC2=CCC=N2)C(=O)NCC(=O)N[C@@H](CCCN=C(N)N)C(=O)N[C@@H](Cc2c[nH]c3ccccc23)C(=O)N1. The molecule has 0 unspecified atom stereocenters. The monoisotopic (exact) mass is 1570 g/mol. The van der Waals surface area contributed by atoms with Crippen LogP contribution in [-0.4, -0.2) is 302 Å². The van der Waals surface area contributed by atoms with E-state index in [1.807, 2.05) is 0 Å². The minimum Gasteiger partial charge on any atom is -0.480 e. The molecule has 612 valence electrons. The number of ketones is 1. The van der Waals surface area contributed by atoms with Crippen molar-refractivity contribution in [1.82, 2.24) is 78.6 Å². The highest BCUT2D eigenvalue weighted by Gasteiger charge is 2.42. The van der Waals surface area contributed by atoms with Crippen molar-refractivity contribution < 1.29 is 112 Å². The lowest BCUT2D eigenvalue weighted by molar-refractivity contribution is -0.143. The third-order valence-corrected chi connectivity index (χ3v) is 18.2. The summed E-state index contributed by atoms with van der Waals surface area (Å²) in [7, 11) is 0. The van der Waals surface area contributed by atoms with Gasteiger partial charge in [0.25, 0.3) is 0 Å². The zero-order valence-electron chi connectivity index (χ0n) is 61.7. The molecule has 13 amide bonds. The molecule has 24 N–H and O–H groups in total. The number of nitrogens with zero attached hydrogens (tertiary/aromatic N) is 4. The van der Waals surface area contributed by atoms with E-state index in [-0.39, 0.29) is 115 Å². The molecule has 4 heterocycles. The molecule has 42 heteroatoms. The second-order valence-corrected chi connectivity index (χ2v) is 26.7. The summed E-state index contributed by atoms with van der Waals surface area (Å²) in [5.41, 5.74) is 12.7.